The van der Waals surface area contributed by atoms with Crippen LogP contribution in [0.5, 0.6) is 0 Å². The SMILES string of the molecule is CC(C)(C)c1nc(NN)cc(N2CCC(CO)CC2)n1. The molecule has 1 saturated heterocycles. The fourth-order valence-corrected chi connectivity index (χ4v) is 2.35. The first kappa shape index (κ1) is 15.0. The van der Waals surface area contributed by atoms with E-state index in [2.05, 4.69) is 41.1 Å². The number of nitrogen functional groups attached to an aromatic ring is 1. The Morgan fingerprint density at radius 1 is 1.35 bits per heavy atom. The maximum Gasteiger partial charge on any atom is 0.145 e. The minimum Gasteiger partial charge on any atom is -0.396 e. The molecule has 0 unspecified atom stereocenters. The number of nitrogens with one attached hydrogen (secondary N) is 1. The van der Waals surface area contributed by atoms with Gasteiger partial charge in [-0.15, -0.1) is 0 Å². The molecule has 0 bridgehead atoms. The van der Waals surface area contributed by atoms with E-state index >= 15 is 0 Å². The van der Waals surface area contributed by atoms with Crippen LogP contribution >= 0.6 is 0 Å². The topological polar surface area (TPSA) is 87.3 Å². The lowest BCUT2D eigenvalue weighted by atomic mass is 9.95. The normalized spacial score (nSPS) is 17.4. The molecule has 0 radical (unpaired) electrons. The number of aliphatic hydroxyl groups is 1. The molecule has 2 rings (SSSR count). The molecule has 0 spiro atoms. The van der Waals surface area contributed by atoms with Gasteiger partial charge in [0.15, 0.2) is 0 Å². The first-order chi connectivity index (χ1) is 9.44. The fourth-order valence-electron chi connectivity index (χ4n) is 2.35. The summed E-state index contributed by atoms with van der Waals surface area (Å²) < 4.78 is 0. The van der Waals surface area contributed by atoms with Crippen LogP contribution in [0.2, 0.25) is 0 Å². The van der Waals surface area contributed by atoms with Gasteiger partial charge in [-0.3, -0.25) is 0 Å². The zero-order chi connectivity index (χ0) is 14.8. The van der Waals surface area contributed by atoms with Crippen LogP contribution in [0.3, 0.4) is 0 Å². The molecule has 0 saturated carbocycles. The van der Waals surface area contributed by atoms with Crippen LogP contribution < -0.4 is 16.2 Å². The first-order valence-electron chi connectivity index (χ1n) is 7.16. The van der Waals surface area contributed by atoms with E-state index in [-0.39, 0.29) is 12.0 Å². The number of rotatable bonds is 3. The molecule has 0 amide bonds. The Hall–Kier alpha value is -1.40. The quantitative estimate of drug-likeness (QED) is 0.570. The van der Waals surface area contributed by atoms with Gasteiger partial charge in [-0.25, -0.2) is 15.8 Å². The average Bonchev–Trinajstić information content (AvgIpc) is 2.46. The molecule has 112 valence electrons. The van der Waals surface area contributed by atoms with E-state index in [1.54, 1.807) is 0 Å². The van der Waals surface area contributed by atoms with Gasteiger partial charge in [0.25, 0.3) is 0 Å². The number of hydrogen-bond donors (Lipinski definition) is 3. The highest BCUT2D eigenvalue weighted by molar-refractivity contribution is 5.49. The number of hydrazine groups is 1. The standard InChI is InChI=1S/C14H25N5O/c1-14(2,3)13-16-11(18-15)8-12(17-13)19-6-4-10(9-20)5-7-19/h8,10,20H,4-7,9,15H2,1-3H3,(H,16,17,18). The molecule has 2 heterocycles. The molecular formula is C14H25N5O. The number of aromatic nitrogens is 2. The monoisotopic (exact) mass is 279 g/mol. The predicted octanol–water partition coefficient (Wildman–Crippen LogP) is 1.27. The molecule has 0 aliphatic carbocycles. The molecule has 6 heteroatoms. The Bertz CT molecular complexity index is 449. The maximum absolute atomic E-state index is 9.21. The molecule has 1 aromatic rings. The van der Waals surface area contributed by atoms with Crippen molar-refractivity contribution in [2.75, 3.05) is 30.0 Å². The van der Waals surface area contributed by atoms with Gasteiger partial charge >= 0.3 is 0 Å². The maximum atomic E-state index is 9.21. The Morgan fingerprint density at radius 2 is 2.00 bits per heavy atom. The van der Waals surface area contributed by atoms with Crippen LogP contribution in [0.25, 0.3) is 0 Å². The lowest BCUT2D eigenvalue weighted by Gasteiger charge is -2.32. The zero-order valence-corrected chi connectivity index (χ0v) is 12.6. The van der Waals surface area contributed by atoms with Crippen LogP contribution in [-0.4, -0.2) is 34.8 Å². The summed E-state index contributed by atoms with van der Waals surface area (Å²) in [5.41, 5.74) is 2.50. The Balaban J connectivity index is 2.23. The number of hydrogen-bond acceptors (Lipinski definition) is 6. The van der Waals surface area contributed by atoms with Crippen molar-refractivity contribution in [1.82, 2.24) is 9.97 Å². The first-order valence-corrected chi connectivity index (χ1v) is 7.16. The molecular weight excluding hydrogens is 254 g/mol. The highest BCUT2D eigenvalue weighted by Gasteiger charge is 2.23. The molecule has 20 heavy (non-hydrogen) atoms. The van der Waals surface area contributed by atoms with Crippen molar-refractivity contribution in [3.05, 3.63) is 11.9 Å². The molecule has 0 aromatic carbocycles. The minimum atomic E-state index is -0.120. The van der Waals surface area contributed by atoms with Crippen molar-refractivity contribution < 1.29 is 5.11 Å². The van der Waals surface area contributed by atoms with Gasteiger partial charge in [0.05, 0.1) is 0 Å². The van der Waals surface area contributed by atoms with Gasteiger partial charge in [0.2, 0.25) is 0 Å². The van der Waals surface area contributed by atoms with E-state index < -0.39 is 0 Å². The molecule has 1 aliphatic rings. The van der Waals surface area contributed by atoms with Crippen molar-refractivity contribution in [1.29, 1.82) is 0 Å². The summed E-state index contributed by atoms with van der Waals surface area (Å²) in [6, 6.07) is 1.88. The van der Waals surface area contributed by atoms with Crippen LogP contribution in [0, 0.1) is 5.92 Å². The largest absolute Gasteiger partial charge is 0.396 e. The lowest BCUT2D eigenvalue weighted by Crippen LogP contribution is -2.36. The number of anilines is 2. The van der Waals surface area contributed by atoms with Crippen molar-refractivity contribution in [3.63, 3.8) is 0 Å². The highest BCUT2D eigenvalue weighted by atomic mass is 16.3. The second kappa shape index (κ2) is 5.93. The van der Waals surface area contributed by atoms with E-state index in [1.165, 1.54) is 0 Å². The number of piperidine rings is 1. The zero-order valence-electron chi connectivity index (χ0n) is 12.6. The highest BCUT2D eigenvalue weighted by Crippen LogP contribution is 2.26. The van der Waals surface area contributed by atoms with E-state index in [0.29, 0.717) is 11.7 Å². The number of nitrogens with two attached hydrogens (primary N) is 1. The number of nitrogens with zero attached hydrogens (tertiary/aromatic N) is 3. The van der Waals surface area contributed by atoms with Crippen LogP contribution in [0.1, 0.15) is 39.4 Å². The van der Waals surface area contributed by atoms with Gasteiger partial charge < -0.3 is 15.4 Å². The van der Waals surface area contributed by atoms with E-state index in [1.807, 2.05) is 6.07 Å². The Kier molecular flexibility index (Phi) is 4.45. The van der Waals surface area contributed by atoms with Crippen molar-refractivity contribution in [3.8, 4) is 0 Å². The third-order valence-corrected chi connectivity index (χ3v) is 3.73. The van der Waals surface area contributed by atoms with Crippen LogP contribution in [0.15, 0.2) is 6.07 Å². The van der Waals surface area contributed by atoms with Gasteiger partial charge in [-0.05, 0) is 18.8 Å². The summed E-state index contributed by atoms with van der Waals surface area (Å²) in [7, 11) is 0. The van der Waals surface area contributed by atoms with Gasteiger partial charge in [0.1, 0.15) is 17.5 Å². The second-order valence-electron chi connectivity index (χ2n) is 6.44. The molecule has 4 N–H and O–H groups in total. The predicted molar refractivity (Wildman–Crippen MR) is 80.6 cm³/mol. The van der Waals surface area contributed by atoms with Crippen molar-refractivity contribution in [2.45, 2.75) is 39.0 Å². The Morgan fingerprint density at radius 3 is 2.50 bits per heavy atom. The van der Waals surface area contributed by atoms with Gasteiger partial charge in [-0.1, -0.05) is 20.8 Å². The van der Waals surface area contributed by atoms with Crippen LogP contribution in [0.4, 0.5) is 11.6 Å². The third-order valence-electron chi connectivity index (χ3n) is 3.73. The van der Waals surface area contributed by atoms with Crippen molar-refractivity contribution in [2.24, 2.45) is 11.8 Å². The molecule has 1 fully saturated rings. The van der Waals surface area contributed by atoms with E-state index in [0.717, 1.165) is 37.6 Å². The van der Waals surface area contributed by atoms with E-state index in [9.17, 15) is 5.11 Å². The fraction of sp³-hybridized carbons (Fsp3) is 0.714. The second-order valence-corrected chi connectivity index (χ2v) is 6.44. The lowest BCUT2D eigenvalue weighted by molar-refractivity contribution is 0.202. The summed E-state index contributed by atoms with van der Waals surface area (Å²) in [4.78, 5) is 11.4. The summed E-state index contributed by atoms with van der Waals surface area (Å²) in [6.45, 7) is 8.37. The van der Waals surface area contributed by atoms with E-state index in [4.69, 9.17) is 5.84 Å². The average molecular weight is 279 g/mol. The van der Waals surface area contributed by atoms with Crippen molar-refractivity contribution >= 4 is 11.6 Å². The smallest absolute Gasteiger partial charge is 0.145 e. The summed E-state index contributed by atoms with van der Waals surface area (Å²) >= 11 is 0. The molecule has 0 atom stereocenters. The summed E-state index contributed by atoms with van der Waals surface area (Å²) in [5, 5.41) is 9.21. The third kappa shape index (κ3) is 3.37. The molecule has 1 aromatic heterocycles. The Labute approximate surface area is 120 Å². The summed E-state index contributed by atoms with van der Waals surface area (Å²) in [5.74, 6) is 8.27. The van der Waals surface area contributed by atoms with Crippen LogP contribution in [-0.2, 0) is 5.41 Å². The summed E-state index contributed by atoms with van der Waals surface area (Å²) in [6.07, 6.45) is 1.99. The number of aliphatic hydroxyl groups excluding tert-OH is 1. The molecule has 1 aliphatic heterocycles. The van der Waals surface area contributed by atoms with Gasteiger partial charge in [0, 0.05) is 31.2 Å². The van der Waals surface area contributed by atoms with Gasteiger partial charge in [-0.2, -0.15) is 0 Å². The minimum absolute atomic E-state index is 0.120. The molecule has 6 nitrogen and oxygen atoms in total.